The maximum Gasteiger partial charge on any atom is 1.00 e. The van der Waals surface area contributed by atoms with Crippen molar-refractivity contribution in [3.63, 3.8) is 0 Å². The first-order valence-corrected chi connectivity index (χ1v) is 8.35. The van der Waals surface area contributed by atoms with Gasteiger partial charge < -0.3 is 15.3 Å². The number of rotatable bonds is 15. The molecule has 0 bridgehead atoms. The number of nitrogens with zero attached hydrogens (tertiary/aromatic N) is 2. The predicted molar refractivity (Wildman–Crippen MR) is 85.8 cm³/mol. The zero-order valence-electron chi connectivity index (χ0n) is 14.8. The molecule has 130 valence electrons. The molecule has 0 radical (unpaired) electrons. The van der Waals surface area contributed by atoms with Crippen LogP contribution >= 0.6 is 0 Å². The Morgan fingerprint density at radius 1 is 1.04 bits per heavy atom. The fourth-order valence-electron chi connectivity index (χ4n) is 2.09. The van der Waals surface area contributed by atoms with Gasteiger partial charge in [0.2, 0.25) is 0 Å². The van der Waals surface area contributed by atoms with Crippen LogP contribution in [0.25, 0.3) is 0 Å². The van der Waals surface area contributed by atoms with Crippen molar-refractivity contribution in [2.24, 2.45) is 4.99 Å². The Bertz CT molecular complexity index is 314. The fourth-order valence-corrected chi connectivity index (χ4v) is 2.09. The van der Waals surface area contributed by atoms with Crippen LogP contribution in [0.15, 0.2) is 4.99 Å². The molecule has 6 nitrogen and oxygen atoms in total. The second kappa shape index (κ2) is 18.2. The van der Waals surface area contributed by atoms with E-state index in [2.05, 4.69) is 11.9 Å². The van der Waals surface area contributed by atoms with Gasteiger partial charge in [-0.2, -0.15) is 0 Å². The summed E-state index contributed by atoms with van der Waals surface area (Å²) >= 11 is 0. The smallest absolute Gasteiger partial charge is 0.862 e. The van der Waals surface area contributed by atoms with Crippen LogP contribution in [0, 0.1) is 0 Å². The van der Waals surface area contributed by atoms with Crippen LogP contribution in [0.1, 0.15) is 64.7 Å². The minimum Gasteiger partial charge on any atom is -0.862 e. The number of aliphatic hydroxyl groups is 1. The zero-order valence-corrected chi connectivity index (χ0v) is 16.8. The van der Waals surface area contributed by atoms with Gasteiger partial charge in [0.1, 0.15) is 0 Å². The first-order valence-electron chi connectivity index (χ1n) is 8.35. The second-order valence-corrected chi connectivity index (χ2v) is 5.55. The first-order chi connectivity index (χ1) is 10.6. The Morgan fingerprint density at radius 2 is 1.74 bits per heavy atom. The molecule has 0 spiro atoms. The van der Waals surface area contributed by atoms with Crippen molar-refractivity contribution in [3.8, 4) is 0 Å². The third kappa shape index (κ3) is 18.0. The van der Waals surface area contributed by atoms with E-state index in [-0.39, 0.29) is 55.2 Å². The fraction of sp³-hybridized carbons (Fsp3) is 0.875. The Morgan fingerprint density at radius 3 is 2.35 bits per heavy atom. The average Bonchev–Trinajstić information content (AvgIpc) is 2.49. The molecule has 0 aliphatic heterocycles. The summed E-state index contributed by atoms with van der Waals surface area (Å²) in [5.41, 5.74) is 0. The molecule has 0 amide bonds. The molecule has 0 saturated carbocycles. The summed E-state index contributed by atoms with van der Waals surface area (Å²) < 4.78 is 0. The number of aliphatic imine (C=N–C) groups is 1. The number of carboxylic acid groups (broad SMARTS) is 1. The Labute approximate surface area is 162 Å². The molecule has 2 N–H and O–H groups in total. The molecule has 7 heteroatoms. The van der Waals surface area contributed by atoms with Crippen molar-refractivity contribution in [3.05, 3.63) is 0 Å². The molecule has 0 aromatic heterocycles. The topological polar surface area (TPSA) is 96.2 Å². The van der Waals surface area contributed by atoms with Crippen molar-refractivity contribution < 1.29 is 49.7 Å². The molecule has 0 aliphatic carbocycles. The Kier molecular flexibility index (Phi) is 19.9. The maximum absolute atomic E-state index is 11.7. The normalized spacial score (nSPS) is 11.5. The predicted octanol–water partition coefficient (Wildman–Crippen LogP) is -1.38. The van der Waals surface area contributed by atoms with Gasteiger partial charge in [0.05, 0.1) is 13.1 Å². The average molecular weight is 338 g/mol. The van der Waals surface area contributed by atoms with Crippen LogP contribution in [0.4, 0.5) is 0 Å². The SMILES string of the molecule is CCCCCCCC([O-])=NCN(CCCCO)CCC(=O)O.[Na+]. The van der Waals surface area contributed by atoms with Crippen molar-refractivity contribution in [1.29, 1.82) is 0 Å². The number of carboxylic acids is 1. The van der Waals surface area contributed by atoms with Crippen LogP contribution < -0.4 is 34.7 Å². The summed E-state index contributed by atoms with van der Waals surface area (Å²) in [7, 11) is 0. The van der Waals surface area contributed by atoms with E-state index in [0.29, 0.717) is 25.9 Å². The number of hydrogen-bond acceptors (Lipinski definition) is 5. The number of hydrogen-bond donors (Lipinski definition) is 2. The Balaban J connectivity index is 0. The summed E-state index contributed by atoms with van der Waals surface area (Å²) in [5.74, 6) is -0.951. The van der Waals surface area contributed by atoms with Gasteiger partial charge in [-0.15, -0.1) is 0 Å². The van der Waals surface area contributed by atoms with Crippen LogP contribution in [-0.4, -0.2) is 53.3 Å². The third-order valence-electron chi connectivity index (χ3n) is 3.47. The molecule has 0 aliphatic rings. The first kappa shape index (κ1) is 25.1. The van der Waals surface area contributed by atoms with Crippen molar-refractivity contribution in [1.82, 2.24) is 4.90 Å². The Hall–Kier alpha value is -0.140. The van der Waals surface area contributed by atoms with Crippen molar-refractivity contribution >= 4 is 11.9 Å². The number of carbonyl (C=O) groups is 1. The molecular weight excluding hydrogens is 307 g/mol. The molecule has 23 heavy (non-hydrogen) atoms. The summed E-state index contributed by atoms with van der Waals surface area (Å²) in [6, 6.07) is 0. The quantitative estimate of drug-likeness (QED) is 0.166. The van der Waals surface area contributed by atoms with E-state index in [0.717, 1.165) is 25.7 Å². The van der Waals surface area contributed by atoms with Crippen LogP contribution in [0.2, 0.25) is 0 Å². The van der Waals surface area contributed by atoms with Gasteiger partial charge in [0.15, 0.2) is 0 Å². The molecular formula is C16H31N2NaO4. The molecule has 0 unspecified atom stereocenters. The summed E-state index contributed by atoms with van der Waals surface area (Å²) in [5, 5.41) is 29.2. The third-order valence-corrected chi connectivity index (χ3v) is 3.47. The van der Waals surface area contributed by atoms with Gasteiger partial charge in [0.25, 0.3) is 0 Å². The van der Waals surface area contributed by atoms with Crippen molar-refractivity contribution in [2.45, 2.75) is 64.7 Å². The standard InChI is InChI=1S/C16H32N2O4.Na/c1-2-3-4-5-6-9-15(20)17-14-18(11-7-8-13-19)12-10-16(21)22;/h19H,2-14H2,1H3,(H,17,20)(H,21,22);/q;+1/p-1. The monoisotopic (exact) mass is 338 g/mol. The van der Waals surface area contributed by atoms with E-state index in [1.165, 1.54) is 12.8 Å². The molecule has 0 rings (SSSR count). The molecule has 0 atom stereocenters. The van der Waals surface area contributed by atoms with Crippen LogP contribution in [-0.2, 0) is 4.79 Å². The summed E-state index contributed by atoms with van der Waals surface area (Å²) in [4.78, 5) is 16.5. The number of aliphatic hydroxyl groups excluding tert-OH is 1. The van der Waals surface area contributed by atoms with Crippen LogP contribution in [0.3, 0.4) is 0 Å². The van der Waals surface area contributed by atoms with E-state index >= 15 is 0 Å². The maximum atomic E-state index is 11.7. The summed E-state index contributed by atoms with van der Waals surface area (Å²) in [6.45, 7) is 3.57. The van der Waals surface area contributed by atoms with Gasteiger partial charge in [-0.1, -0.05) is 32.6 Å². The molecule has 0 heterocycles. The minimum absolute atomic E-state index is 0. The van der Waals surface area contributed by atoms with E-state index in [4.69, 9.17) is 10.2 Å². The minimum atomic E-state index is -0.852. The van der Waals surface area contributed by atoms with Gasteiger partial charge in [-0.25, -0.2) is 0 Å². The summed E-state index contributed by atoms with van der Waals surface area (Å²) in [6.07, 6.45) is 7.47. The van der Waals surface area contributed by atoms with E-state index in [1.807, 2.05) is 4.90 Å². The van der Waals surface area contributed by atoms with Crippen LogP contribution in [0.5, 0.6) is 0 Å². The molecule has 0 aromatic carbocycles. The van der Waals surface area contributed by atoms with Gasteiger partial charge in [-0.3, -0.25) is 14.7 Å². The number of unbranched alkanes of at least 4 members (excludes halogenated alkanes) is 5. The largest absolute Gasteiger partial charge is 1.00 e. The number of aliphatic carboxylic acids is 1. The van der Waals surface area contributed by atoms with Gasteiger partial charge in [0, 0.05) is 13.2 Å². The molecule has 0 saturated heterocycles. The second-order valence-electron chi connectivity index (χ2n) is 5.55. The molecule has 0 fully saturated rings. The van der Waals surface area contributed by atoms with E-state index in [9.17, 15) is 9.90 Å². The van der Waals surface area contributed by atoms with E-state index in [1.54, 1.807) is 0 Å². The van der Waals surface area contributed by atoms with Crippen molar-refractivity contribution in [2.75, 3.05) is 26.4 Å². The van der Waals surface area contributed by atoms with E-state index < -0.39 is 5.97 Å². The van der Waals surface area contributed by atoms with Gasteiger partial charge in [-0.05, 0) is 38.1 Å². The molecule has 0 aromatic rings. The van der Waals surface area contributed by atoms with Gasteiger partial charge >= 0.3 is 35.5 Å². The zero-order chi connectivity index (χ0) is 16.6.